The van der Waals surface area contributed by atoms with Crippen LogP contribution in [0.2, 0.25) is 0 Å². The number of hydrogen-bond donors (Lipinski definition) is 0. The molecule has 12 heteroatoms. The molecule has 0 rings (SSSR count). The Hall–Kier alpha value is 4.15. The third-order valence-corrected chi connectivity index (χ3v) is 0. The van der Waals surface area contributed by atoms with Crippen LogP contribution in [-0.4, -0.2) is 17.4 Å². The van der Waals surface area contributed by atoms with E-state index in [0.29, 0.717) is 0 Å². The van der Waals surface area contributed by atoms with Gasteiger partial charge in [0.05, 0.1) is 0 Å². The first kappa shape index (κ1) is 36.0. The monoisotopic (exact) mass is 254 g/mol. The Morgan fingerprint density at radius 1 is 0.500 bits per heavy atom. The van der Waals surface area contributed by atoms with Gasteiger partial charge in [-0.1, -0.05) is 0 Å². The molecule has 6 nitrogen and oxygen atoms in total. The molecule has 0 fully saturated rings. The fourth-order valence-electron chi connectivity index (χ4n) is 0. The molecule has 0 spiro atoms. The van der Waals surface area contributed by atoms with Crippen molar-refractivity contribution in [2.45, 2.75) is 0 Å². The summed E-state index contributed by atoms with van der Waals surface area (Å²) < 4.78 is 0. The second kappa shape index (κ2) is 29.4. The smallest absolute Gasteiger partial charge is 0.854 e. The maximum Gasteiger partial charge on any atom is 3.00 e. The molecule has 0 aromatic rings. The molecule has 0 aromatic carbocycles. The van der Waals surface area contributed by atoms with Gasteiger partial charge in [-0.2, -0.15) is 0 Å². The minimum atomic E-state index is -3.37. The number of hydrogen-bond acceptors (Lipinski definition) is 6. The molecule has 0 aliphatic rings. The summed E-state index contributed by atoms with van der Waals surface area (Å²) in [7, 11) is -6.74. The van der Waals surface area contributed by atoms with E-state index in [4.69, 9.17) is 29.4 Å². The van der Waals surface area contributed by atoms with Gasteiger partial charge in [-0.25, -0.2) is 0 Å². The van der Waals surface area contributed by atoms with Crippen LogP contribution in [0.5, 0.6) is 0 Å². The standard InChI is InChI=1S/Al.3Na.2O3P/c;;;;2*1-4(2)3/q+3;3*+1;2*-3. The van der Waals surface area contributed by atoms with Crippen molar-refractivity contribution in [1.82, 2.24) is 0 Å². The molecule has 0 heterocycles. The molecule has 0 aliphatic heterocycles. The minimum absolute atomic E-state index is 0. The summed E-state index contributed by atoms with van der Waals surface area (Å²) in [6.07, 6.45) is 0. The summed E-state index contributed by atoms with van der Waals surface area (Å²) in [5.74, 6) is 0. The average molecular weight is 254 g/mol. The van der Waals surface area contributed by atoms with E-state index in [0.717, 1.165) is 0 Å². The van der Waals surface area contributed by atoms with Crippen molar-refractivity contribution in [2.75, 3.05) is 0 Å². The largest absolute Gasteiger partial charge is 3.00 e. The topological polar surface area (TPSA) is 138 Å². The van der Waals surface area contributed by atoms with Crippen LogP contribution in [-0.2, 0) is 0 Å². The molecule has 0 saturated heterocycles. The Labute approximate surface area is 150 Å². The van der Waals surface area contributed by atoms with Crippen molar-refractivity contribution in [1.29, 1.82) is 0 Å². The van der Waals surface area contributed by atoms with Gasteiger partial charge in [-0.3, -0.25) is 0 Å². The van der Waals surface area contributed by atoms with Crippen molar-refractivity contribution in [3.05, 3.63) is 0 Å². The quantitative estimate of drug-likeness (QED) is 0.310. The Bertz CT molecular complexity index is 36.3. The zero-order valence-electron chi connectivity index (χ0n) is 6.92. The molecule has 0 unspecified atom stereocenters. The van der Waals surface area contributed by atoms with Gasteiger partial charge in [-0.15, -0.1) is 0 Å². The first-order valence-electron chi connectivity index (χ1n) is 1.10. The van der Waals surface area contributed by atoms with Gasteiger partial charge in [0.1, 0.15) is 0 Å². The van der Waals surface area contributed by atoms with E-state index in [9.17, 15) is 0 Å². The second-order valence-electron chi connectivity index (χ2n) is 0.447. The molecule has 0 atom stereocenters. The molecule has 12 heavy (non-hydrogen) atoms. The average Bonchev–Trinajstić information content (AvgIpc) is 1.25. The first-order chi connectivity index (χ1) is 3.46. The van der Waals surface area contributed by atoms with Gasteiger partial charge < -0.3 is 46.6 Å². The first-order valence-corrected chi connectivity index (χ1v) is 3.29. The van der Waals surface area contributed by atoms with Gasteiger partial charge in [0, 0.05) is 0 Å². The van der Waals surface area contributed by atoms with E-state index >= 15 is 0 Å². The molecule has 0 radical (unpaired) electrons. The number of rotatable bonds is 0. The molecule has 0 amide bonds. The zero-order chi connectivity index (χ0) is 7.15. The third-order valence-electron chi connectivity index (χ3n) is 0. The molecule has 0 saturated carbocycles. The van der Waals surface area contributed by atoms with Crippen LogP contribution in [0.1, 0.15) is 0 Å². The van der Waals surface area contributed by atoms with E-state index in [1.165, 1.54) is 0 Å². The van der Waals surface area contributed by atoms with Crippen molar-refractivity contribution < 1.29 is 118 Å². The van der Waals surface area contributed by atoms with Gasteiger partial charge in [0.25, 0.3) is 0 Å². The SMILES string of the molecule is [Al+3].[Na+].[Na+].[Na+].[O-]P([O-])[O-].[O-]P([O-])[O-]. The molecule has 0 bridgehead atoms. The summed E-state index contributed by atoms with van der Waals surface area (Å²) >= 11 is 0. The predicted octanol–water partition coefficient (Wildman–Crippen LogP) is -14.8. The van der Waals surface area contributed by atoms with Crippen LogP contribution in [0.25, 0.3) is 0 Å². The van der Waals surface area contributed by atoms with E-state index < -0.39 is 17.2 Å². The Morgan fingerprint density at radius 2 is 0.500 bits per heavy atom. The molecule has 52 valence electrons. The maximum atomic E-state index is 8.48. The Kier molecular flexibility index (Phi) is 88.3. The van der Waals surface area contributed by atoms with Gasteiger partial charge >= 0.3 is 106 Å². The molecule has 0 aliphatic carbocycles. The molecular weight excluding hydrogens is 254 g/mol. The molecule has 0 N–H and O–H groups in total. The van der Waals surface area contributed by atoms with Crippen LogP contribution in [0.3, 0.4) is 0 Å². The molecule has 0 aromatic heterocycles. The minimum Gasteiger partial charge on any atom is -0.854 e. The Morgan fingerprint density at radius 3 is 0.500 bits per heavy atom. The molecular formula is AlNa3O6P2. The van der Waals surface area contributed by atoms with Crippen molar-refractivity contribution >= 4 is 34.6 Å². The van der Waals surface area contributed by atoms with Crippen LogP contribution >= 0.6 is 17.2 Å². The Balaban J connectivity index is -0.0000000112. The van der Waals surface area contributed by atoms with Crippen LogP contribution < -0.4 is 118 Å². The summed E-state index contributed by atoms with van der Waals surface area (Å²) in [6, 6.07) is 0. The van der Waals surface area contributed by atoms with E-state index in [-0.39, 0.29) is 106 Å². The summed E-state index contributed by atoms with van der Waals surface area (Å²) in [5, 5.41) is 0. The third kappa shape index (κ3) is 142. The second-order valence-corrected chi connectivity index (χ2v) is 1.34. The van der Waals surface area contributed by atoms with Crippen molar-refractivity contribution in [3.8, 4) is 0 Å². The fraction of sp³-hybridized carbons (Fsp3) is 0. The summed E-state index contributed by atoms with van der Waals surface area (Å²) in [4.78, 5) is 50.9. The van der Waals surface area contributed by atoms with E-state index in [1.54, 1.807) is 0 Å². The van der Waals surface area contributed by atoms with E-state index in [1.807, 2.05) is 0 Å². The van der Waals surface area contributed by atoms with Gasteiger partial charge in [0.2, 0.25) is 0 Å². The predicted molar refractivity (Wildman–Crippen MR) is 19.6 cm³/mol. The zero-order valence-corrected chi connectivity index (χ0v) is 15.9. The van der Waals surface area contributed by atoms with Crippen molar-refractivity contribution in [3.63, 3.8) is 0 Å². The van der Waals surface area contributed by atoms with Crippen LogP contribution in [0.4, 0.5) is 0 Å². The van der Waals surface area contributed by atoms with Crippen LogP contribution in [0.15, 0.2) is 0 Å². The summed E-state index contributed by atoms with van der Waals surface area (Å²) in [6.45, 7) is 0. The normalized spacial score (nSPS) is 6.00. The summed E-state index contributed by atoms with van der Waals surface area (Å²) in [5.41, 5.74) is 0. The van der Waals surface area contributed by atoms with Crippen molar-refractivity contribution in [2.24, 2.45) is 0 Å². The van der Waals surface area contributed by atoms with Gasteiger partial charge in [0.15, 0.2) is 0 Å². The van der Waals surface area contributed by atoms with E-state index in [2.05, 4.69) is 0 Å². The maximum absolute atomic E-state index is 8.48. The van der Waals surface area contributed by atoms with Gasteiger partial charge in [-0.05, 0) is 0 Å². The van der Waals surface area contributed by atoms with Crippen LogP contribution in [0, 0.1) is 0 Å². The fourth-order valence-corrected chi connectivity index (χ4v) is 0.